The summed E-state index contributed by atoms with van der Waals surface area (Å²) in [6, 6.07) is 14.4. The number of benzene rings is 2. The van der Waals surface area contributed by atoms with Crippen LogP contribution in [0, 0.1) is 0 Å². The lowest BCUT2D eigenvalue weighted by molar-refractivity contribution is -0.137. The molecule has 3 aliphatic heterocycles. The number of methoxy groups -OCH3 is 2. The maximum Gasteiger partial charge on any atom is 0.328 e. The first kappa shape index (κ1) is 23.7. The zero-order valence-electron chi connectivity index (χ0n) is 20.7. The number of nitrogens with zero attached hydrogens (tertiary/aromatic N) is 5. The van der Waals surface area contributed by atoms with Crippen molar-refractivity contribution in [1.29, 1.82) is 0 Å². The molecule has 36 heavy (non-hydrogen) atoms. The van der Waals surface area contributed by atoms with Crippen LogP contribution in [0.2, 0.25) is 0 Å². The Hall–Kier alpha value is -4.05. The fourth-order valence-electron chi connectivity index (χ4n) is 4.76. The molecule has 2 aromatic carbocycles. The van der Waals surface area contributed by atoms with Crippen LogP contribution in [-0.2, 0) is 9.53 Å². The molecule has 5 rings (SSSR count). The Morgan fingerprint density at radius 3 is 2.50 bits per heavy atom. The highest BCUT2D eigenvalue weighted by Gasteiger charge is 2.55. The number of hydrogen-bond acceptors (Lipinski definition) is 8. The van der Waals surface area contributed by atoms with Gasteiger partial charge in [0, 0.05) is 31.5 Å². The normalized spacial score (nSPS) is 20.9. The average Bonchev–Trinajstić information content (AvgIpc) is 3.46. The number of fused-ring (bicyclic) bond motifs is 3. The van der Waals surface area contributed by atoms with Crippen LogP contribution < -0.4 is 14.4 Å². The molecule has 2 atom stereocenters. The summed E-state index contributed by atoms with van der Waals surface area (Å²) in [5.41, 5.74) is 2.53. The molecule has 0 aliphatic carbocycles. The quantitative estimate of drug-likeness (QED) is 0.525. The largest absolute Gasteiger partial charge is 0.497 e. The van der Waals surface area contributed by atoms with Gasteiger partial charge in [0.05, 0.1) is 38.8 Å². The summed E-state index contributed by atoms with van der Waals surface area (Å²) >= 11 is 0. The second kappa shape index (κ2) is 9.54. The van der Waals surface area contributed by atoms with E-state index in [2.05, 4.69) is 0 Å². The number of urea groups is 1. The highest BCUT2D eigenvalue weighted by molar-refractivity contribution is 6.16. The average molecular weight is 492 g/mol. The molecule has 0 N–H and O–H groups in total. The number of amides is 3. The van der Waals surface area contributed by atoms with Gasteiger partial charge in [-0.25, -0.2) is 9.79 Å². The molecule has 2 aromatic rings. The molecule has 0 radical (unpaired) electrons. The van der Waals surface area contributed by atoms with Crippen molar-refractivity contribution in [3.05, 3.63) is 60.3 Å². The van der Waals surface area contributed by atoms with Gasteiger partial charge in [0.2, 0.25) is 5.96 Å². The minimum Gasteiger partial charge on any atom is -0.497 e. The van der Waals surface area contributed by atoms with Crippen LogP contribution in [0.1, 0.15) is 12.5 Å². The van der Waals surface area contributed by atoms with Gasteiger partial charge in [-0.2, -0.15) is 0 Å². The van der Waals surface area contributed by atoms with Crippen LogP contribution in [0.3, 0.4) is 0 Å². The molecule has 10 nitrogen and oxygen atoms in total. The number of aliphatic imine (C=N–C) groups is 1. The lowest BCUT2D eigenvalue weighted by Gasteiger charge is -2.40. The predicted octanol–water partition coefficient (Wildman–Crippen LogP) is 2.82. The van der Waals surface area contributed by atoms with Gasteiger partial charge in [-0.3, -0.25) is 19.5 Å². The van der Waals surface area contributed by atoms with Crippen molar-refractivity contribution in [2.75, 3.05) is 45.9 Å². The second-order valence-electron chi connectivity index (χ2n) is 8.53. The summed E-state index contributed by atoms with van der Waals surface area (Å²) < 4.78 is 16.5. The van der Waals surface area contributed by atoms with Gasteiger partial charge < -0.3 is 19.1 Å². The Morgan fingerprint density at radius 2 is 1.81 bits per heavy atom. The Bertz CT molecular complexity index is 1230. The number of carbonyl (C=O) groups excluding carboxylic acids is 2. The minimum atomic E-state index is -0.683. The fraction of sp³-hybridized carbons (Fsp3) is 0.346. The summed E-state index contributed by atoms with van der Waals surface area (Å²) in [4.78, 5) is 38.1. The maximum absolute atomic E-state index is 13.6. The van der Waals surface area contributed by atoms with Gasteiger partial charge in [-0.05, 0) is 19.1 Å². The van der Waals surface area contributed by atoms with Crippen molar-refractivity contribution in [1.82, 2.24) is 14.7 Å². The van der Waals surface area contributed by atoms with Crippen LogP contribution in [0.25, 0.3) is 5.70 Å². The van der Waals surface area contributed by atoms with E-state index in [0.29, 0.717) is 24.1 Å². The third-order valence-electron chi connectivity index (χ3n) is 6.57. The topological polar surface area (TPSA) is 87.2 Å². The lowest BCUT2D eigenvalue weighted by atomic mass is 10.1. The summed E-state index contributed by atoms with van der Waals surface area (Å²) in [5.74, 6) is 1.50. The lowest BCUT2D eigenvalue weighted by Crippen LogP contribution is -2.64. The van der Waals surface area contributed by atoms with Crippen molar-refractivity contribution in [3.8, 4) is 11.5 Å². The monoisotopic (exact) mass is 491 g/mol. The van der Waals surface area contributed by atoms with Crippen LogP contribution in [0.4, 0.5) is 10.5 Å². The van der Waals surface area contributed by atoms with Gasteiger partial charge >= 0.3 is 6.03 Å². The van der Waals surface area contributed by atoms with Gasteiger partial charge in [0.25, 0.3) is 5.91 Å². The molecule has 10 heteroatoms. The van der Waals surface area contributed by atoms with E-state index in [1.165, 1.54) is 9.80 Å². The number of carbonyl (C=O) groups is 2. The standard InChI is InChI=1S/C26H29N5O5/c1-5-36-14-13-29-24(32)22-23(28(2)26(29)33)27-25-30(22)16-20(17-9-7-6-8-10-17)31(25)19-12-11-18(34-3)15-21(19)35-4/h6-12,15-16,22-23H,5,13-14H2,1-4H3. The van der Waals surface area contributed by atoms with Crippen molar-refractivity contribution in [2.45, 2.75) is 19.1 Å². The number of guanidine groups is 1. The predicted molar refractivity (Wildman–Crippen MR) is 135 cm³/mol. The molecule has 0 spiro atoms. The van der Waals surface area contributed by atoms with Crippen LogP contribution >= 0.6 is 0 Å². The molecule has 0 bridgehead atoms. The summed E-state index contributed by atoms with van der Waals surface area (Å²) in [6.07, 6.45) is 1.27. The molecule has 3 amide bonds. The Kier molecular flexibility index (Phi) is 6.27. The number of anilines is 1. The summed E-state index contributed by atoms with van der Waals surface area (Å²) in [7, 11) is 4.87. The van der Waals surface area contributed by atoms with E-state index in [4.69, 9.17) is 19.2 Å². The first-order chi connectivity index (χ1) is 17.5. The van der Waals surface area contributed by atoms with Gasteiger partial charge in [0.15, 0.2) is 12.2 Å². The van der Waals surface area contributed by atoms with E-state index in [1.807, 2.05) is 65.4 Å². The molecular weight excluding hydrogens is 462 g/mol. The van der Waals surface area contributed by atoms with E-state index in [-0.39, 0.29) is 25.1 Å². The maximum atomic E-state index is 13.6. The van der Waals surface area contributed by atoms with Crippen molar-refractivity contribution in [3.63, 3.8) is 0 Å². The summed E-state index contributed by atoms with van der Waals surface area (Å²) in [5, 5.41) is 0. The molecular formula is C26H29N5O5. The van der Waals surface area contributed by atoms with E-state index < -0.39 is 12.2 Å². The number of hydrogen-bond donors (Lipinski definition) is 0. The SMILES string of the molecule is CCOCCN1C(=O)C2C(N=C3N(c4ccc(OC)cc4OC)C(c4ccccc4)=CN32)N(C)C1=O. The zero-order chi connectivity index (χ0) is 25.4. The number of likely N-dealkylation sites (N-methyl/N-ethyl adjacent to an activating group) is 1. The highest BCUT2D eigenvalue weighted by Crippen LogP contribution is 2.43. The fourth-order valence-corrected chi connectivity index (χ4v) is 4.76. The molecule has 3 aliphatic rings. The van der Waals surface area contributed by atoms with E-state index >= 15 is 0 Å². The molecule has 1 fully saturated rings. The molecule has 188 valence electrons. The van der Waals surface area contributed by atoms with Crippen LogP contribution in [0.15, 0.2) is 59.7 Å². The second-order valence-corrected chi connectivity index (χ2v) is 8.53. The molecule has 1 saturated heterocycles. The Balaban J connectivity index is 1.59. The first-order valence-corrected chi connectivity index (χ1v) is 11.8. The molecule has 3 heterocycles. The Labute approximate surface area is 209 Å². The Morgan fingerprint density at radius 1 is 1.03 bits per heavy atom. The molecule has 0 saturated carbocycles. The first-order valence-electron chi connectivity index (χ1n) is 11.8. The van der Waals surface area contributed by atoms with Crippen molar-refractivity contribution < 1.29 is 23.8 Å². The number of rotatable bonds is 8. The van der Waals surface area contributed by atoms with Gasteiger partial charge in [-0.1, -0.05) is 30.3 Å². The van der Waals surface area contributed by atoms with Crippen molar-refractivity contribution >= 4 is 29.3 Å². The van der Waals surface area contributed by atoms with Crippen LogP contribution in [-0.4, -0.2) is 85.8 Å². The summed E-state index contributed by atoms with van der Waals surface area (Å²) in [6.45, 7) is 2.86. The molecule has 2 unspecified atom stereocenters. The zero-order valence-corrected chi connectivity index (χ0v) is 20.7. The van der Waals surface area contributed by atoms with Gasteiger partial charge in [0.1, 0.15) is 11.5 Å². The third kappa shape index (κ3) is 3.74. The van der Waals surface area contributed by atoms with E-state index in [9.17, 15) is 9.59 Å². The van der Waals surface area contributed by atoms with Crippen molar-refractivity contribution in [2.24, 2.45) is 4.99 Å². The third-order valence-corrected chi connectivity index (χ3v) is 6.57. The smallest absolute Gasteiger partial charge is 0.328 e. The van der Waals surface area contributed by atoms with Crippen LogP contribution in [0.5, 0.6) is 11.5 Å². The molecule has 0 aromatic heterocycles. The van der Waals surface area contributed by atoms with E-state index in [1.54, 1.807) is 27.3 Å². The van der Waals surface area contributed by atoms with Gasteiger partial charge in [-0.15, -0.1) is 0 Å². The van der Waals surface area contributed by atoms with E-state index in [0.717, 1.165) is 16.9 Å². The number of imide groups is 1. The minimum absolute atomic E-state index is 0.188. The highest BCUT2D eigenvalue weighted by atomic mass is 16.5. The number of ether oxygens (including phenoxy) is 3.